The van der Waals surface area contributed by atoms with Crippen molar-refractivity contribution in [2.24, 2.45) is 0 Å². The summed E-state index contributed by atoms with van der Waals surface area (Å²) >= 11 is 0. The van der Waals surface area contributed by atoms with E-state index in [0.717, 1.165) is 0 Å². The molecule has 0 aromatic heterocycles. The third-order valence-electron chi connectivity index (χ3n) is 2.38. The molecule has 1 aromatic rings. The van der Waals surface area contributed by atoms with Crippen LogP contribution in [-0.4, -0.2) is 5.11 Å². The van der Waals surface area contributed by atoms with E-state index >= 15 is 0 Å². The first-order valence-corrected chi connectivity index (χ1v) is 6.32. The third-order valence-corrected chi connectivity index (χ3v) is 3.39. The van der Waals surface area contributed by atoms with Gasteiger partial charge in [-0.3, -0.25) is 0 Å². The molecule has 1 N–H and O–H groups in total. The van der Waals surface area contributed by atoms with E-state index in [-0.39, 0.29) is 11.1 Å². The lowest BCUT2D eigenvalue weighted by Crippen LogP contribution is -2.28. The maximum atomic E-state index is 11.0. The molecule has 0 aliphatic carbocycles. The van der Waals surface area contributed by atoms with Gasteiger partial charge in [-0.1, -0.05) is 13.8 Å². The molecule has 0 saturated carbocycles. The van der Waals surface area contributed by atoms with Crippen LogP contribution in [0.15, 0.2) is 12.1 Å². The molecule has 0 unspecified atom stereocenters. The highest BCUT2D eigenvalue weighted by atomic mass is 31.2. The highest BCUT2D eigenvalue weighted by molar-refractivity contribution is 7.57. The van der Waals surface area contributed by atoms with E-state index in [2.05, 4.69) is 0 Å². The smallest absolute Gasteiger partial charge is 0.119 e. The molecule has 0 aliphatic rings. The van der Waals surface area contributed by atoms with Crippen LogP contribution >= 0.6 is 7.60 Å². The number of aromatic hydroxyl groups is 1. The van der Waals surface area contributed by atoms with Crippen LogP contribution in [0.2, 0.25) is 0 Å². The van der Waals surface area contributed by atoms with E-state index in [0.29, 0.717) is 24.0 Å². The second-order valence-electron chi connectivity index (χ2n) is 3.27. The number of hydrogen-bond donors (Lipinski definition) is 1. The molecule has 0 heterocycles. The van der Waals surface area contributed by atoms with Crippen LogP contribution in [0.3, 0.4) is 0 Å². The summed E-state index contributed by atoms with van der Waals surface area (Å²) in [5.74, 6) is 0.0477. The molecule has 0 atom stereocenters. The number of rotatable bonds is 3. The van der Waals surface area contributed by atoms with Crippen molar-refractivity contribution in [3.63, 3.8) is 0 Å². The fourth-order valence-corrected chi connectivity index (χ4v) is 2.59. The summed E-state index contributed by atoms with van der Waals surface area (Å²) in [4.78, 5) is 22.0. The lowest BCUT2D eigenvalue weighted by atomic mass is 10.0. The Kier molecular flexibility index (Phi) is 3.55. The van der Waals surface area contributed by atoms with Crippen LogP contribution in [0, 0.1) is 0 Å². The van der Waals surface area contributed by atoms with E-state index in [4.69, 9.17) is 0 Å². The lowest BCUT2D eigenvalue weighted by molar-refractivity contribution is -0.308. The lowest BCUT2D eigenvalue weighted by Gasteiger charge is -2.32. The first kappa shape index (κ1) is 12.2. The summed E-state index contributed by atoms with van der Waals surface area (Å²) in [5.41, 5.74) is 0.979. The molecule has 0 bridgehead atoms. The fourth-order valence-electron chi connectivity index (χ4n) is 1.71. The monoisotopic (exact) mass is 228 g/mol. The van der Waals surface area contributed by atoms with E-state index in [1.807, 2.05) is 0 Å². The molecule has 1 aromatic carbocycles. The quantitative estimate of drug-likeness (QED) is 0.741. The van der Waals surface area contributed by atoms with Gasteiger partial charge in [-0.05, 0) is 49.0 Å². The molecule has 0 radical (unpaired) electrons. The molecule has 1 rings (SSSR count). The van der Waals surface area contributed by atoms with Gasteiger partial charge >= 0.3 is 0 Å². The highest BCUT2D eigenvalue weighted by Gasteiger charge is 2.11. The van der Waals surface area contributed by atoms with Gasteiger partial charge in [0.05, 0.1) is 0 Å². The van der Waals surface area contributed by atoms with E-state index in [9.17, 15) is 19.5 Å². The number of benzene rings is 1. The minimum absolute atomic E-state index is 0.0477. The molecule has 0 fully saturated rings. The second-order valence-corrected chi connectivity index (χ2v) is 4.74. The van der Waals surface area contributed by atoms with Gasteiger partial charge in [0, 0.05) is 0 Å². The van der Waals surface area contributed by atoms with Crippen LogP contribution in [0.5, 0.6) is 5.75 Å². The Morgan fingerprint density at radius 2 is 1.73 bits per heavy atom. The van der Waals surface area contributed by atoms with E-state index < -0.39 is 7.60 Å². The maximum Gasteiger partial charge on any atom is 0.119 e. The molecular formula is C10H13O4P-2. The Morgan fingerprint density at radius 3 is 2.13 bits per heavy atom. The van der Waals surface area contributed by atoms with Gasteiger partial charge in [-0.15, -0.1) is 0 Å². The van der Waals surface area contributed by atoms with Gasteiger partial charge in [0.15, 0.2) is 0 Å². The molecule has 15 heavy (non-hydrogen) atoms. The molecule has 84 valence electrons. The Morgan fingerprint density at radius 1 is 1.20 bits per heavy atom. The average molecular weight is 228 g/mol. The largest absolute Gasteiger partial charge is 0.807 e. The first-order valence-electron chi connectivity index (χ1n) is 4.78. The standard InChI is InChI=1S/C10H15O4P/c1-3-7-8(4-2)10(15(12,13)14)6-5-9(7)11/h5-6,11H,3-4H2,1-2H3,(H2,12,13,14)/p-2. The Bertz CT molecular complexity index is 408. The summed E-state index contributed by atoms with van der Waals surface area (Å²) in [7, 11) is -4.74. The number of phenolic OH excluding ortho intramolecular Hbond substituents is 1. The molecule has 0 aliphatic heterocycles. The Balaban J connectivity index is 3.49. The van der Waals surface area contributed by atoms with Crippen molar-refractivity contribution < 1.29 is 19.5 Å². The Hall–Kier alpha value is -0.830. The fraction of sp³-hybridized carbons (Fsp3) is 0.400. The van der Waals surface area contributed by atoms with Crippen LogP contribution in [0.4, 0.5) is 0 Å². The molecule has 0 spiro atoms. The predicted molar refractivity (Wildman–Crippen MR) is 54.1 cm³/mol. The first-order chi connectivity index (χ1) is 6.91. The molecule has 5 heteroatoms. The van der Waals surface area contributed by atoms with Crippen molar-refractivity contribution in [2.45, 2.75) is 26.7 Å². The summed E-state index contributed by atoms with van der Waals surface area (Å²) in [6, 6.07) is 2.43. The second kappa shape index (κ2) is 4.35. The summed E-state index contributed by atoms with van der Waals surface area (Å²) < 4.78 is 11.0. The predicted octanol–water partition coefficient (Wildman–Crippen LogP) is 0.0560. The molecular weight excluding hydrogens is 215 g/mol. The SMILES string of the molecule is CCc1c(O)ccc(P(=O)([O-])[O-])c1CC. The van der Waals surface area contributed by atoms with E-state index in [1.165, 1.54) is 12.1 Å². The average Bonchev–Trinajstić information content (AvgIpc) is 2.15. The summed E-state index contributed by atoms with van der Waals surface area (Å²) in [6.45, 7) is 3.56. The van der Waals surface area contributed by atoms with Crippen molar-refractivity contribution >= 4 is 12.9 Å². The van der Waals surface area contributed by atoms with Crippen LogP contribution in [-0.2, 0) is 17.4 Å². The van der Waals surface area contributed by atoms with Crippen molar-refractivity contribution in [3.05, 3.63) is 23.3 Å². The van der Waals surface area contributed by atoms with Gasteiger partial charge < -0.3 is 19.5 Å². The van der Waals surface area contributed by atoms with Crippen molar-refractivity contribution in [2.75, 3.05) is 0 Å². The van der Waals surface area contributed by atoms with E-state index in [1.54, 1.807) is 13.8 Å². The van der Waals surface area contributed by atoms with Gasteiger partial charge in [0.2, 0.25) is 0 Å². The van der Waals surface area contributed by atoms with Crippen molar-refractivity contribution in [1.29, 1.82) is 0 Å². The van der Waals surface area contributed by atoms with Crippen LogP contribution < -0.4 is 15.1 Å². The zero-order valence-corrected chi connectivity index (χ0v) is 9.58. The summed E-state index contributed by atoms with van der Waals surface area (Å²) in [6.07, 6.45) is 0.921. The van der Waals surface area contributed by atoms with Crippen LogP contribution in [0.1, 0.15) is 25.0 Å². The minimum atomic E-state index is -4.74. The zero-order chi connectivity index (χ0) is 11.6. The van der Waals surface area contributed by atoms with Crippen LogP contribution in [0.25, 0.3) is 0 Å². The molecule has 0 amide bonds. The van der Waals surface area contributed by atoms with Crippen molar-refractivity contribution in [3.8, 4) is 5.75 Å². The molecule has 4 nitrogen and oxygen atoms in total. The topological polar surface area (TPSA) is 83.4 Å². The summed E-state index contributed by atoms with van der Waals surface area (Å²) in [5, 5.41) is 9.32. The van der Waals surface area contributed by atoms with Gasteiger partial charge in [0.25, 0.3) is 0 Å². The van der Waals surface area contributed by atoms with Crippen molar-refractivity contribution in [1.82, 2.24) is 0 Å². The number of phenols is 1. The van der Waals surface area contributed by atoms with Gasteiger partial charge in [-0.2, -0.15) is 0 Å². The molecule has 0 saturated heterocycles. The third kappa shape index (κ3) is 2.40. The zero-order valence-electron chi connectivity index (χ0n) is 8.69. The normalized spacial score (nSPS) is 11.7. The Labute approximate surface area is 88.7 Å². The van der Waals surface area contributed by atoms with Gasteiger partial charge in [0.1, 0.15) is 5.75 Å². The highest BCUT2D eigenvalue weighted by Crippen LogP contribution is 2.30. The maximum absolute atomic E-state index is 11.0. The van der Waals surface area contributed by atoms with Gasteiger partial charge in [-0.25, -0.2) is 0 Å². The number of hydrogen-bond acceptors (Lipinski definition) is 4. The minimum Gasteiger partial charge on any atom is -0.807 e.